The minimum atomic E-state index is -3.08. The second-order valence-electron chi connectivity index (χ2n) is 7.66. The lowest BCUT2D eigenvalue weighted by atomic mass is 10.0. The number of halogens is 1. The summed E-state index contributed by atoms with van der Waals surface area (Å²) in [6.07, 6.45) is 3.42. The van der Waals surface area contributed by atoms with Gasteiger partial charge < -0.3 is 5.32 Å². The highest BCUT2D eigenvalue weighted by atomic mass is 35.5. The second-order valence-corrected chi connectivity index (χ2v) is 10.2. The summed E-state index contributed by atoms with van der Waals surface area (Å²) in [4.78, 5) is 12.3. The molecule has 1 fully saturated rings. The van der Waals surface area contributed by atoms with Crippen LogP contribution in [0.1, 0.15) is 35.7 Å². The van der Waals surface area contributed by atoms with E-state index in [1.54, 1.807) is 17.7 Å². The van der Waals surface area contributed by atoms with Gasteiger partial charge >= 0.3 is 0 Å². The minimum Gasteiger partial charge on any atom is -0.346 e. The van der Waals surface area contributed by atoms with Gasteiger partial charge in [0, 0.05) is 11.6 Å². The summed E-state index contributed by atoms with van der Waals surface area (Å²) in [5.41, 5.74) is 2.93. The molecule has 6 nitrogen and oxygen atoms in total. The Morgan fingerprint density at radius 3 is 2.61 bits per heavy atom. The Morgan fingerprint density at radius 2 is 2.00 bits per heavy atom. The van der Waals surface area contributed by atoms with Crippen molar-refractivity contribution in [2.45, 2.75) is 39.3 Å². The lowest BCUT2D eigenvalue weighted by molar-refractivity contribution is -0.117. The molecule has 1 atom stereocenters. The van der Waals surface area contributed by atoms with Gasteiger partial charge in [-0.1, -0.05) is 41.4 Å². The minimum absolute atomic E-state index is 0.0339. The van der Waals surface area contributed by atoms with E-state index in [4.69, 9.17) is 11.6 Å². The highest BCUT2D eigenvalue weighted by Crippen LogP contribution is 2.24. The van der Waals surface area contributed by atoms with E-state index in [0.29, 0.717) is 23.7 Å². The standard InChI is InChI=1S/C20H24ClN3O3S/c1-14-4-6-16(7-5-14)12-24-19(21)17(15(2)23-24)8-9-18(25)22-20(3)10-11-28(26,27)13-20/h4-9H,10-13H2,1-3H3,(H,22,25)/b9-8+. The Kier molecular flexibility index (Phi) is 5.68. The monoisotopic (exact) mass is 421 g/mol. The van der Waals surface area contributed by atoms with Crippen LogP contribution in [-0.2, 0) is 21.2 Å². The fourth-order valence-corrected chi connectivity index (χ4v) is 5.73. The van der Waals surface area contributed by atoms with Gasteiger partial charge in [0.2, 0.25) is 5.91 Å². The zero-order valence-electron chi connectivity index (χ0n) is 16.2. The van der Waals surface area contributed by atoms with Gasteiger partial charge in [0.15, 0.2) is 9.84 Å². The van der Waals surface area contributed by atoms with Crippen molar-refractivity contribution in [2.75, 3.05) is 11.5 Å². The molecule has 1 aromatic heterocycles. The second kappa shape index (κ2) is 7.72. The van der Waals surface area contributed by atoms with E-state index in [9.17, 15) is 13.2 Å². The van der Waals surface area contributed by atoms with Crippen molar-refractivity contribution < 1.29 is 13.2 Å². The molecule has 0 radical (unpaired) electrons. The first kappa shape index (κ1) is 20.6. The van der Waals surface area contributed by atoms with Gasteiger partial charge in [-0.15, -0.1) is 0 Å². The fraction of sp³-hybridized carbons (Fsp3) is 0.400. The number of nitrogens with one attached hydrogen (secondary N) is 1. The number of hydrogen-bond donors (Lipinski definition) is 1. The van der Waals surface area contributed by atoms with E-state index in [2.05, 4.69) is 10.4 Å². The Hall–Kier alpha value is -2.12. The van der Waals surface area contributed by atoms with Crippen molar-refractivity contribution in [3.8, 4) is 0 Å². The van der Waals surface area contributed by atoms with Gasteiger partial charge in [0.25, 0.3) is 0 Å². The van der Waals surface area contributed by atoms with Crippen molar-refractivity contribution in [1.82, 2.24) is 15.1 Å². The molecule has 0 aliphatic carbocycles. The Bertz CT molecular complexity index is 1030. The molecule has 1 N–H and O–H groups in total. The largest absolute Gasteiger partial charge is 0.346 e. The predicted molar refractivity (Wildman–Crippen MR) is 111 cm³/mol. The predicted octanol–water partition coefficient (Wildman–Crippen LogP) is 2.91. The van der Waals surface area contributed by atoms with E-state index in [1.165, 1.54) is 11.6 Å². The number of carbonyl (C=O) groups excluding carboxylic acids is 1. The maximum absolute atomic E-state index is 12.3. The molecular weight excluding hydrogens is 398 g/mol. The van der Waals surface area contributed by atoms with E-state index in [0.717, 1.165) is 11.3 Å². The van der Waals surface area contributed by atoms with Gasteiger partial charge in [-0.3, -0.25) is 4.79 Å². The molecule has 150 valence electrons. The normalized spacial score (nSPS) is 21.3. The molecule has 1 aromatic carbocycles. The molecule has 2 heterocycles. The zero-order chi connectivity index (χ0) is 20.5. The van der Waals surface area contributed by atoms with E-state index in [-0.39, 0.29) is 17.4 Å². The fourth-order valence-electron chi connectivity index (χ4n) is 3.33. The summed E-state index contributed by atoms with van der Waals surface area (Å²) in [6, 6.07) is 8.13. The highest BCUT2D eigenvalue weighted by Gasteiger charge is 2.39. The van der Waals surface area contributed by atoms with Crippen LogP contribution in [0.2, 0.25) is 5.15 Å². The molecule has 1 amide bonds. The third-order valence-corrected chi connectivity index (χ3v) is 7.19. The van der Waals surface area contributed by atoms with Crippen molar-refractivity contribution in [3.63, 3.8) is 0 Å². The van der Waals surface area contributed by atoms with Crippen LogP contribution < -0.4 is 5.32 Å². The molecule has 2 aromatic rings. The van der Waals surface area contributed by atoms with E-state index >= 15 is 0 Å². The average Bonchev–Trinajstić information content (AvgIpc) is 3.03. The van der Waals surface area contributed by atoms with Crippen LogP contribution in [0.15, 0.2) is 30.3 Å². The number of aryl methyl sites for hydroxylation is 2. The van der Waals surface area contributed by atoms with Crippen molar-refractivity contribution in [3.05, 3.63) is 57.9 Å². The number of aromatic nitrogens is 2. The highest BCUT2D eigenvalue weighted by molar-refractivity contribution is 7.91. The molecule has 0 bridgehead atoms. The number of benzene rings is 1. The quantitative estimate of drug-likeness (QED) is 0.752. The first-order chi connectivity index (χ1) is 13.1. The topological polar surface area (TPSA) is 81.1 Å². The first-order valence-corrected chi connectivity index (χ1v) is 11.3. The van der Waals surface area contributed by atoms with Gasteiger partial charge in [0.1, 0.15) is 5.15 Å². The first-order valence-electron chi connectivity index (χ1n) is 9.06. The average molecular weight is 422 g/mol. The molecule has 28 heavy (non-hydrogen) atoms. The molecule has 3 rings (SSSR count). The van der Waals surface area contributed by atoms with Crippen molar-refractivity contribution >= 4 is 33.4 Å². The third-order valence-electron chi connectivity index (χ3n) is 4.89. The summed E-state index contributed by atoms with van der Waals surface area (Å²) < 4.78 is 25.0. The van der Waals surface area contributed by atoms with Crippen LogP contribution in [0.25, 0.3) is 6.08 Å². The zero-order valence-corrected chi connectivity index (χ0v) is 17.8. The summed E-state index contributed by atoms with van der Waals surface area (Å²) in [6.45, 7) is 6.15. The lowest BCUT2D eigenvalue weighted by Crippen LogP contribution is -2.46. The number of nitrogens with zero attached hydrogens (tertiary/aromatic N) is 2. The molecule has 1 aliphatic heterocycles. The maximum atomic E-state index is 12.3. The van der Waals surface area contributed by atoms with Crippen LogP contribution in [0, 0.1) is 13.8 Å². The number of sulfone groups is 1. The summed E-state index contributed by atoms with van der Waals surface area (Å²) in [5.74, 6) is -0.278. The number of carbonyl (C=O) groups is 1. The Balaban J connectivity index is 1.71. The molecule has 0 saturated carbocycles. The maximum Gasteiger partial charge on any atom is 0.244 e. The summed E-state index contributed by atoms with van der Waals surface area (Å²) in [7, 11) is -3.08. The molecule has 1 aliphatic rings. The molecule has 1 saturated heterocycles. The van der Waals surface area contributed by atoms with Crippen LogP contribution >= 0.6 is 11.6 Å². The van der Waals surface area contributed by atoms with Crippen LogP contribution in [0.3, 0.4) is 0 Å². The molecular formula is C20H24ClN3O3S. The van der Waals surface area contributed by atoms with Crippen LogP contribution in [0.4, 0.5) is 0 Å². The smallest absolute Gasteiger partial charge is 0.244 e. The SMILES string of the molecule is Cc1ccc(Cn2nc(C)c(/C=C/C(=O)NC3(C)CCS(=O)(=O)C3)c2Cl)cc1. The van der Waals surface area contributed by atoms with E-state index in [1.807, 2.05) is 38.1 Å². The van der Waals surface area contributed by atoms with Gasteiger partial charge in [0.05, 0.1) is 29.3 Å². The molecule has 0 spiro atoms. The Morgan fingerprint density at radius 1 is 1.32 bits per heavy atom. The van der Waals surface area contributed by atoms with Crippen molar-refractivity contribution in [1.29, 1.82) is 0 Å². The van der Waals surface area contributed by atoms with Gasteiger partial charge in [-0.05, 0) is 38.8 Å². The lowest BCUT2D eigenvalue weighted by Gasteiger charge is -2.22. The summed E-state index contributed by atoms with van der Waals surface area (Å²) in [5, 5.41) is 7.72. The molecule has 8 heteroatoms. The van der Waals surface area contributed by atoms with Crippen LogP contribution in [0.5, 0.6) is 0 Å². The molecule has 1 unspecified atom stereocenters. The van der Waals surface area contributed by atoms with E-state index < -0.39 is 15.4 Å². The third kappa shape index (κ3) is 4.83. The summed E-state index contributed by atoms with van der Waals surface area (Å²) >= 11 is 6.47. The number of amides is 1. The van der Waals surface area contributed by atoms with Crippen LogP contribution in [-0.4, -0.2) is 41.2 Å². The number of hydrogen-bond acceptors (Lipinski definition) is 4. The van der Waals surface area contributed by atoms with Gasteiger partial charge in [-0.2, -0.15) is 5.10 Å². The van der Waals surface area contributed by atoms with Gasteiger partial charge in [-0.25, -0.2) is 13.1 Å². The number of rotatable bonds is 5. The van der Waals surface area contributed by atoms with Crippen molar-refractivity contribution in [2.24, 2.45) is 0 Å². The Labute approximate surface area is 170 Å².